The number of hydrogen-bond donors (Lipinski definition) is 3. The smallest absolute Gasteiger partial charge is 0.145 e. The molecule has 0 amide bonds. The van der Waals surface area contributed by atoms with Crippen molar-refractivity contribution in [3.63, 3.8) is 0 Å². The van der Waals surface area contributed by atoms with Crippen molar-refractivity contribution in [1.82, 2.24) is 0 Å². The van der Waals surface area contributed by atoms with Gasteiger partial charge in [0.05, 0.1) is 5.69 Å². The molecule has 0 atom stereocenters. The molecule has 0 aliphatic rings. The molecule has 0 aliphatic carbocycles. The Morgan fingerprint density at radius 2 is 2.23 bits per heavy atom. The summed E-state index contributed by atoms with van der Waals surface area (Å²) in [6.07, 6.45) is 3.53. The standard InChI is InChI=1S/C9H10ClNOS/c10-7-4-6(2-1-3-13)9(12)8(11)5-7/h1-2,4-5,12-13H,3,11H2. The van der Waals surface area contributed by atoms with Crippen LogP contribution in [0.4, 0.5) is 5.69 Å². The van der Waals surface area contributed by atoms with Crippen molar-refractivity contribution < 1.29 is 5.11 Å². The number of aromatic hydroxyl groups is 1. The molecular formula is C9H10ClNOS. The highest BCUT2D eigenvalue weighted by Crippen LogP contribution is 2.29. The molecule has 0 spiro atoms. The lowest BCUT2D eigenvalue weighted by Gasteiger charge is -2.03. The Balaban J connectivity index is 3.12. The number of benzene rings is 1. The first-order valence-electron chi connectivity index (χ1n) is 3.70. The van der Waals surface area contributed by atoms with E-state index in [0.717, 1.165) is 0 Å². The molecule has 0 bridgehead atoms. The summed E-state index contributed by atoms with van der Waals surface area (Å²) < 4.78 is 0. The second kappa shape index (κ2) is 4.44. The molecule has 0 unspecified atom stereocenters. The molecule has 3 N–H and O–H groups in total. The van der Waals surface area contributed by atoms with Crippen LogP contribution in [0.25, 0.3) is 6.08 Å². The lowest BCUT2D eigenvalue weighted by Crippen LogP contribution is -1.87. The molecule has 0 heterocycles. The van der Waals surface area contributed by atoms with Crippen LogP contribution in [0.15, 0.2) is 18.2 Å². The van der Waals surface area contributed by atoms with Crippen LogP contribution in [0.2, 0.25) is 5.02 Å². The monoisotopic (exact) mass is 215 g/mol. The van der Waals surface area contributed by atoms with E-state index in [1.807, 2.05) is 0 Å². The highest BCUT2D eigenvalue weighted by Gasteiger charge is 2.03. The van der Waals surface area contributed by atoms with Crippen LogP contribution in [-0.4, -0.2) is 10.9 Å². The highest BCUT2D eigenvalue weighted by atomic mass is 35.5. The largest absolute Gasteiger partial charge is 0.505 e. The fraction of sp³-hybridized carbons (Fsp3) is 0.111. The van der Waals surface area contributed by atoms with Crippen molar-refractivity contribution in [3.05, 3.63) is 28.8 Å². The quantitative estimate of drug-likeness (QED) is 0.404. The zero-order chi connectivity index (χ0) is 9.84. The third-order valence-corrected chi connectivity index (χ3v) is 1.97. The predicted octanol–water partition coefficient (Wildman–Crippen LogP) is 2.57. The number of halogens is 1. The lowest BCUT2D eigenvalue weighted by atomic mass is 10.1. The van der Waals surface area contributed by atoms with Crippen molar-refractivity contribution in [1.29, 1.82) is 0 Å². The van der Waals surface area contributed by atoms with Gasteiger partial charge in [-0.25, -0.2) is 0 Å². The van der Waals surface area contributed by atoms with E-state index in [0.29, 0.717) is 16.3 Å². The molecule has 0 saturated heterocycles. The van der Waals surface area contributed by atoms with Gasteiger partial charge in [0.1, 0.15) is 5.75 Å². The number of nitrogens with two attached hydrogens (primary N) is 1. The fourth-order valence-electron chi connectivity index (χ4n) is 0.949. The van der Waals surface area contributed by atoms with Gasteiger partial charge in [-0.05, 0) is 12.1 Å². The molecule has 0 fully saturated rings. The minimum absolute atomic E-state index is 0.0578. The summed E-state index contributed by atoms with van der Waals surface area (Å²) in [7, 11) is 0. The van der Waals surface area contributed by atoms with Crippen LogP contribution >= 0.6 is 24.2 Å². The summed E-state index contributed by atoms with van der Waals surface area (Å²) in [5.74, 6) is 0.661. The van der Waals surface area contributed by atoms with Crippen molar-refractivity contribution in [2.75, 3.05) is 11.5 Å². The fourth-order valence-corrected chi connectivity index (χ4v) is 1.29. The second-order valence-electron chi connectivity index (χ2n) is 2.52. The molecule has 2 nitrogen and oxygen atoms in total. The van der Waals surface area contributed by atoms with Gasteiger partial charge in [0.25, 0.3) is 0 Å². The van der Waals surface area contributed by atoms with Crippen molar-refractivity contribution in [3.8, 4) is 5.75 Å². The van der Waals surface area contributed by atoms with Gasteiger partial charge < -0.3 is 10.8 Å². The average molecular weight is 216 g/mol. The lowest BCUT2D eigenvalue weighted by molar-refractivity contribution is 0.477. The first-order valence-corrected chi connectivity index (χ1v) is 4.71. The van der Waals surface area contributed by atoms with Crippen LogP contribution in [0.5, 0.6) is 5.75 Å². The van der Waals surface area contributed by atoms with Gasteiger partial charge in [0, 0.05) is 16.3 Å². The second-order valence-corrected chi connectivity index (χ2v) is 3.32. The van der Waals surface area contributed by atoms with Gasteiger partial charge in [0.15, 0.2) is 0 Å². The molecule has 13 heavy (non-hydrogen) atoms. The summed E-state index contributed by atoms with van der Waals surface area (Å²) in [4.78, 5) is 0. The molecule has 1 rings (SSSR count). The van der Waals surface area contributed by atoms with Crippen LogP contribution in [-0.2, 0) is 0 Å². The van der Waals surface area contributed by atoms with Crippen molar-refractivity contribution >= 4 is 36.0 Å². The van der Waals surface area contributed by atoms with Gasteiger partial charge in [-0.15, -0.1) is 0 Å². The number of phenols is 1. The van der Waals surface area contributed by atoms with E-state index in [-0.39, 0.29) is 11.4 Å². The van der Waals surface area contributed by atoms with E-state index in [1.165, 1.54) is 6.07 Å². The van der Waals surface area contributed by atoms with Gasteiger partial charge in [-0.3, -0.25) is 0 Å². The molecule has 0 radical (unpaired) electrons. The van der Waals surface area contributed by atoms with E-state index >= 15 is 0 Å². The Hall–Kier alpha value is -0.800. The maximum atomic E-state index is 9.49. The van der Waals surface area contributed by atoms with Gasteiger partial charge in [0.2, 0.25) is 0 Å². The van der Waals surface area contributed by atoms with E-state index in [1.54, 1.807) is 18.2 Å². The van der Waals surface area contributed by atoms with E-state index < -0.39 is 0 Å². The Kier molecular flexibility index (Phi) is 3.51. The first kappa shape index (κ1) is 10.3. The zero-order valence-corrected chi connectivity index (χ0v) is 8.52. The Bertz CT molecular complexity index is 339. The molecule has 0 saturated carbocycles. The number of thiol groups is 1. The Morgan fingerprint density at radius 3 is 2.85 bits per heavy atom. The normalized spacial score (nSPS) is 10.9. The highest BCUT2D eigenvalue weighted by molar-refractivity contribution is 7.80. The van der Waals surface area contributed by atoms with E-state index in [2.05, 4.69) is 12.6 Å². The topological polar surface area (TPSA) is 46.2 Å². The molecule has 1 aromatic rings. The van der Waals surface area contributed by atoms with Gasteiger partial charge in [-0.2, -0.15) is 12.6 Å². The third kappa shape index (κ3) is 2.57. The summed E-state index contributed by atoms with van der Waals surface area (Å²) in [5.41, 5.74) is 6.40. The third-order valence-electron chi connectivity index (χ3n) is 1.54. The Morgan fingerprint density at radius 1 is 1.54 bits per heavy atom. The molecule has 0 aromatic heterocycles. The number of phenolic OH excluding ortho intramolecular Hbond substituents is 1. The van der Waals surface area contributed by atoms with Crippen LogP contribution in [0.1, 0.15) is 5.56 Å². The summed E-state index contributed by atoms with van der Waals surface area (Å²) in [5, 5.41) is 10.00. The summed E-state index contributed by atoms with van der Waals surface area (Å²) in [6, 6.07) is 3.15. The van der Waals surface area contributed by atoms with Gasteiger partial charge in [-0.1, -0.05) is 23.8 Å². The van der Waals surface area contributed by atoms with Crippen molar-refractivity contribution in [2.45, 2.75) is 0 Å². The van der Waals surface area contributed by atoms with Gasteiger partial charge >= 0.3 is 0 Å². The molecular weight excluding hydrogens is 206 g/mol. The number of anilines is 1. The number of nitrogen functional groups attached to an aromatic ring is 1. The molecule has 70 valence electrons. The number of rotatable bonds is 2. The van der Waals surface area contributed by atoms with Crippen LogP contribution in [0, 0.1) is 0 Å². The zero-order valence-electron chi connectivity index (χ0n) is 6.87. The minimum Gasteiger partial charge on any atom is -0.505 e. The molecule has 0 aliphatic heterocycles. The SMILES string of the molecule is Nc1cc(Cl)cc(C=CCS)c1O. The van der Waals surface area contributed by atoms with Crippen molar-refractivity contribution in [2.24, 2.45) is 0 Å². The van der Waals surface area contributed by atoms with E-state index in [9.17, 15) is 5.11 Å². The molecule has 4 heteroatoms. The minimum atomic E-state index is 0.0578. The molecule has 1 aromatic carbocycles. The summed E-state index contributed by atoms with van der Waals surface area (Å²) >= 11 is 9.76. The maximum absolute atomic E-state index is 9.49. The van der Waals surface area contributed by atoms with Crippen LogP contribution < -0.4 is 5.73 Å². The average Bonchev–Trinajstić information content (AvgIpc) is 2.09. The van der Waals surface area contributed by atoms with Crippen LogP contribution in [0.3, 0.4) is 0 Å². The predicted molar refractivity (Wildman–Crippen MR) is 60.4 cm³/mol. The summed E-state index contributed by atoms with van der Waals surface area (Å²) in [6.45, 7) is 0. The number of hydrogen-bond acceptors (Lipinski definition) is 3. The first-order chi connectivity index (χ1) is 6.15. The Labute approximate surface area is 87.4 Å². The maximum Gasteiger partial charge on any atom is 0.145 e. The van der Waals surface area contributed by atoms with E-state index in [4.69, 9.17) is 17.3 Å².